The van der Waals surface area contributed by atoms with Crippen LogP contribution in [0.4, 0.5) is 5.69 Å². The van der Waals surface area contributed by atoms with Crippen LogP contribution in [0.2, 0.25) is 5.02 Å². The molecule has 2 aromatic carbocycles. The highest BCUT2D eigenvalue weighted by Crippen LogP contribution is 2.24. The van der Waals surface area contributed by atoms with Crippen LogP contribution in [0, 0.1) is 5.92 Å². The molecule has 4 nitrogen and oxygen atoms in total. The Morgan fingerprint density at radius 3 is 2.57 bits per heavy atom. The van der Waals surface area contributed by atoms with Crippen molar-refractivity contribution in [3.63, 3.8) is 0 Å². The van der Waals surface area contributed by atoms with Crippen LogP contribution in [0.1, 0.15) is 12.5 Å². The number of rotatable bonds is 4. The van der Waals surface area contributed by atoms with Gasteiger partial charge in [0.05, 0.1) is 17.9 Å². The van der Waals surface area contributed by atoms with Crippen LogP contribution in [0.15, 0.2) is 64.7 Å². The van der Waals surface area contributed by atoms with E-state index in [2.05, 4.69) is 10.1 Å². The van der Waals surface area contributed by atoms with E-state index in [-0.39, 0.29) is 5.91 Å². The van der Waals surface area contributed by atoms with E-state index < -0.39 is 5.92 Å². The van der Waals surface area contributed by atoms with E-state index in [0.29, 0.717) is 17.3 Å². The summed E-state index contributed by atoms with van der Waals surface area (Å²) < 4.78 is 0. The normalized spacial score (nSPS) is 17.8. The van der Waals surface area contributed by atoms with Gasteiger partial charge < -0.3 is 0 Å². The third-order valence-corrected chi connectivity index (χ3v) is 3.88. The molecule has 1 amide bonds. The summed E-state index contributed by atoms with van der Waals surface area (Å²) in [6.07, 6.45) is 1.68. The second-order valence-electron chi connectivity index (χ2n) is 5.32. The number of carbonyl (C=O) groups is 1. The fourth-order valence-electron chi connectivity index (χ4n) is 2.37. The molecule has 0 radical (unpaired) electrons. The zero-order valence-corrected chi connectivity index (χ0v) is 13.4. The Kier molecular flexibility index (Phi) is 4.53. The van der Waals surface area contributed by atoms with E-state index in [1.165, 1.54) is 5.01 Å². The predicted octanol–water partition coefficient (Wildman–Crippen LogP) is 3.95. The van der Waals surface area contributed by atoms with Gasteiger partial charge in [-0.1, -0.05) is 41.9 Å². The minimum absolute atomic E-state index is 0.0957. The van der Waals surface area contributed by atoms with Crippen molar-refractivity contribution in [2.75, 3.05) is 5.01 Å². The first-order valence-electron chi connectivity index (χ1n) is 7.33. The largest absolute Gasteiger partial charge is 0.292 e. The van der Waals surface area contributed by atoms with E-state index in [9.17, 15) is 4.79 Å². The number of halogens is 1. The molecule has 0 fully saturated rings. The summed E-state index contributed by atoms with van der Waals surface area (Å²) in [5.41, 5.74) is 2.55. The predicted molar refractivity (Wildman–Crippen MR) is 94.2 cm³/mol. The van der Waals surface area contributed by atoms with Crippen molar-refractivity contribution in [2.45, 2.75) is 13.5 Å². The number of carbonyl (C=O) groups excluding carboxylic acids is 1. The van der Waals surface area contributed by atoms with Gasteiger partial charge in [-0.25, -0.2) is 0 Å². The first-order valence-corrected chi connectivity index (χ1v) is 7.71. The lowest BCUT2D eigenvalue weighted by molar-refractivity contribution is -0.118. The highest BCUT2D eigenvalue weighted by Gasteiger charge is 2.33. The number of hydrogen-bond donors (Lipinski definition) is 0. The molecule has 1 aliphatic rings. The summed E-state index contributed by atoms with van der Waals surface area (Å²) in [5, 5.41) is 6.38. The summed E-state index contributed by atoms with van der Waals surface area (Å²) in [7, 11) is 0. The van der Waals surface area contributed by atoms with Gasteiger partial charge >= 0.3 is 0 Å². The van der Waals surface area contributed by atoms with Gasteiger partial charge in [0.15, 0.2) is 0 Å². The van der Waals surface area contributed by atoms with Crippen molar-refractivity contribution in [1.29, 1.82) is 0 Å². The Morgan fingerprint density at radius 1 is 1.17 bits per heavy atom. The number of hydrogen-bond acceptors (Lipinski definition) is 3. The lowest BCUT2D eigenvalue weighted by atomic mass is 10.1. The van der Waals surface area contributed by atoms with Gasteiger partial charge in [0, 0.05) is 11.2 Å². The van der Waals surface area contributed by atoms with Gasteiger partial charge in [0.2, 0.25) is 0 Å². The van der Waals surface area contributed by atoms with Crippen molar-refractivity contribution < 1.29 is 4.79 Å². The average Bonchev–Trinajstić information content (AvgIpc) is 2.85. The molecule has 0 N–H and O–H groups in total. The lowest BCUT2D eigenvalue weighted by Crippen LogP contribution is -2.27. The molecule has 23 heavy (non-hydrogen) atoms. The molecule has 0 saturated heterocycles. The minimum atomic E-state index is -0.408. The zero-order chi connectivity index (χ0) is 16.2. The smallest absolute Gasteiger partial charge is 0.261 e. The highest BCUT2D eigenvalue weighted by molar-refractivity contribution is 6.30. The van der Waals surface area contributed by atoms with Crippen LogP contribution < -0.4 is 5.01 Å². The van der Waals surface area contributed by atoms with Gasteiger partial charge in [-0.2, -0.15) is 10.1 Å². The minimum Gasteiger partial charge on any atom is -0.292 e. The van der Waals surface area contributed by atoms with E-state index in [1.54, 1.807) is 30.5 Å². The van der Waals surface area contributed by atoms with E-state index in [1.807, 2.05) is 37.3 Å². The Morgan fingerprint density at radius 2 is 1.87 bits per heavy atom. The number of nitrogens with zero attached hydrogens (tertiary/aromatic N) is 3. The number of benzene rings is 2. The second-order valence-corrected chi connectivity index (χ2v) is 5.76. The summed E-state index contributed by atoms with van der Waals surface area (Å²) in [5.74, 6) is -0.504. The average molecular weight is 326 g/mol. The fraction of sp³-hybridized carbons (Fsp3) is 0.167. The maximum Gasteiger partial charge on any atom is 0.261 e. The number of amides is 1. The molecular formula is C18H16ClN3O. The summed E-state index contributed by atoms with van der Waals surface area (Å²) in [6.45, 7) is 2.39. The molecule has 5 heteroatoms. The first-order chi connectivity index (χ1) is 11.1. The third-order valence-electron chi connectivity index (χ3n) is 3.62. The molecule has 1 aliphatic heterocycles. The third kappa shape index (κ3) is 3.48. The zero-order valence-electron chi connectivity index (χ0n) is 12.7. The lowest BCUT2D eigenvalue weighted by Gasteiger charge is -2.12. The molecule has 2 aromatic rings. The molecule has 116 valence electrons. The Balaban J connectivity index is 1.71. The summed E-state index contributed by atoms with van der Waals surface area (Å²) >= 11 is 5.88. The first kappa shape index (κ1) is 15.4. The molecule has 1 atom stereocenters. The van der Waals surface area contributed by atoms with Gasteiger partial charge in [-0.3, -0.25) is 9.79 Å². The molecule has 0 saturated carbocycles. The van der Waals surface area contributed by atoms with Crippen LogP contribution in [-0.2, 0) is 11.3 Å². The topological polar surface area (TPSA) is 45.0 Å². The number of anilines is 1. The van der Waals surface area contributed by atoms with Gasteiger partial charge in [-0.05, 0) is 36.8 Å². The highest BCUT2D eigenvalue weighted by atomic mass is 35.5. The second kappa shape index (κ2) is 6.75. The molecule has 0 aromatic heterocycles. The van der Waals surface area contributed by atoms with E-state index in [0.717, 1.165) is 11.3 Å². The van der Waals surface area contributed by atoms with E-state index >= 15 is 0 Å². The summed E-state index contributed by atoms with van der Waals surface area (Å²) in [4.78, 5) is 16.9. The van der Waals surface area contributed by atoms with Crippen molar-refractivity contribution >= 4 is 35.1 Å². The van der Waals surface area contributed by atoms with Crippen molar-refractivity contribution in [2.24, 2.45) is 16.0 Å². The van der Waals surface area contributed by atoms with Crippen LogP contribution in [0.25, 0.3) is 0 Å². The maximum absolute atomic E-state index is 12.5. The molecule has 0 bridgehead atoms. The van der Waals surface area contributed by atoms with Crippen LogP contribution in [0.5, 0.6) is 0 Å². The number of aliphatic imine (C=N–C) groups is 1. The van der Waals surface area contributed by atoms with Crippen LogP contribution in [-0.4, -0.2) is 17.8 Å². The molecule has 1 heterocycles. The SMILES string of the molecule is CC1=NN(c2ccc(Cl)cc2)C(=O)[C@H]1C=NCc1ccccc1. The molecule has 0 unspecified atom stereocenters. The Bertz CT molecular complexity index is 754. The molecule has 3 rings (SSSR count). The van der Waals surface area contributed by atoms with Gasteiger partial charge in [-0.15, -0.1) is 0 Å². The standard InChI is InChI=1S/C18H16ClN3O/c1-13-17(12-20-11-14-5-3-2-4-6-14)18(23)22(21-13)16-9-7-15(19)8-10-16/h2-10,12,17H,11H2,1H3/t17-/m0/s1. The van der Waals surface area contributed by atoms with Crippen molar-refractivity contribution in [3.8, 4) is 0 Å². The Hall–Kier alpha value is -2.46. The fourth-order valence-corrected chi connectivity index (χ4v) is 2.49. The summed E-state index contributed by atoms with van der Waals surface area (Å²) in [6, 6.07) is 17.0. The molecule has 0 aliphatic carbocycles. The Labute approximate surface area is 140 Å². The van der Waals surface area contributed by atoms with Gasteiger partial charge in [0.1, 0.15) is 5.92 Å². The quantitative estimate of drug-likeness (QED) is 0.785. The van der Waals surface area contributed by atoms with E-state index in [4.69, 9.17) is 11.6 Å². The maximum atomic E-state index is 12.5. The molecular weight excluding hydrogens is 310 g/mol. The number of hydrazone groups is 1. The van der Waals surface area contributed by atoms with Crippen LogP contribution >= 0.6 is 11.6 Å². The van der Waals surface area contributed by atoms with Gasteiger partial charge in [0.25, 0.3) is 5.91 Å². The monoisotopic (exact) mass is 325 g/mol. The molecule has 0 spiro atoms. The van der Waals surface area contributed by atoms with Crippen LogP contribution in [0.3, 0.4) is 0 Å². The van der Waals surface area contributed by atoms with Crippen molar-refractivity contribution in [1.82, 2.24) is 0 Å². The van der Waals surface area contributed by atoms with Crippen molar-refractivity contribution in [3.05, 3.63) is 65.2 Å².